The van der Waals surface area contributed by atoms with Crippen molar-refractivity contribution in [2.24, 2.45) is 0 Å². The van der Waals surface area contributed by atoms with Crippen molar-refractivity contribution in [1.82, 2.24) is 9.97 Å². The second kappa shape index (κ2) is 8.44. The highest BCUT2D eigenvalue weighted by atomic mass is 16.3. The molecule has 4 aromatic rings. The Morgan fingerprint density at radius 2 is 1.97 bits per heavy atom. The molecule has 1 amide bonds. The summed E-state index contributed by atoms with van der Waals surface area (Å²) in [6.07, 6.45) is 3.02. The van der Waals surface area contributed by atoms with Gasteiger partial charge in [-0.05, 0) is 68.3 Å². The summed E-state index contributed by atoms with van der Waals surface area (Å²) >= 11 is 0. The number of hydrogen-bond donors (Lipinski definition) is 2. The number of rotatable bonds is 6. The van der Waals surface area contributed by atoms with Crippen LogP contribution in [-0.4, -0.2) is 15.9 Å². The summed E-state index contributed by atoms with van der Waals surface area (Å²) < 4.78 is 5.55. The molecule has 6 heteroatoms. The van der Waals surface area contributed by atoms with E-state index in [2.05, 4.69) is 33.2 Å². The van der Waals surface area contributed by atoms with Crippen LogP contribution in [0.4, 0.5) is 11.5 Å². The molecule has 0 fully saturated rings. The largest absolute Gasteiger partial charge is 0.464 e. The molecule has 0 aliphatic heterocycles. The van der Waals surface area contributed by atoms with Crippen LogP contribution in [-0.2, 0) is 4.79 Å². The van der Waals surface area contributed by atoms with Gasteiger partial charge in [-0.1, -0.05) is 18.7 Å². The Morgan fingerprint density at radius 1 is 1.13 bits per heavy atom. The van der Waals surface area contributed by atoms with Gasteiger partial charge < -0.3 is 15.1 Å². The van der Waals surface area contributed by atoms with Crippen LogP contribution in [0, 0.1) is 13.8 Å². The Balaban J connectivity index is 1.60. The molecule has 6 nitrogen and oxygen atoms in total. The molecule has 0 bridgehead atoms. The monoisotopic (exact) mass is 412 g/mol. The van der Waals surface area contributed by atoms with Crippen molar-refractivity contribution in [3.63, 3.8) is 0 Å². The highest BCUT2D eigenvalue weighted by molar-refractivity contribution is 5.98. The number of amides is 1. The zero-order valence-electron chi connectivity index (χ0n) is 17.8. The number of nitrogens with zero attached hydrogens (tertiary/aromatic N) is 2. The van der Waals surface area contributed by atoms with E-state index in [1.54, 1.807) is 6.26 Å². The van der Waals surface area contributed by atoms with E-state index in [-0.39, 0.29) is 11.9 Å². The molecular weight excluding hydrogens is 388 g/mol. The highest BCUT2D eigenvalue weighted by Gasteiger charge is 2.12. The van der Waals surface area contributed by atoms with Gasteiger partial charge >= 0.3 is 0 Å². The van der Waals surface area contributed by atoms with E-state index in [0.717, 1.165) is 44.9 Å². The number of nitrogens with one attached hydrogen (secondary N) is 2. The topological polar surface area (TPSA) is 80.0 Å². The van der Waals surface area contributed by atoms with Crippen molar-refractivity contribution in [1.29, 1.82) is 0 Å². The van der Waals surface area contributed by atoms with Gasteiger partial charge in [-0.15, -0.1) is 0 Å². The Kier molecular flexibility index (Phi) is 5.54. The Labute approximate surface area is 181 Å². The molecule has 1 atom stereocenters. The van der Waals surface area contributed by atoms with Gasteiger partial charge in [-0.3, -0.25) is 4.79 Å². The summed E-state index contributed by atoms with van der Waals surface area (Å²) in [6.45, 7) is 9.44. The number of hydrogen-bond acceptors (Lipinski definition) is 5. The molecule has 1 unspecified atom stereocenters. The summed E-state index contributed by atoms with van der Waals surface area (Å²) in [5, 5.41) is 7.31. The minimum atomic E-state index is -0.237. The lowest BCUT2D eigenvalue weighted by Crippen LogP contribution is -2.11. The van der Waals surface area contributed by atoms with Gasteiger partial charge in [0.1, 0.15) is 17.2 Å². The van der Waals surface area contributed by atoms with Crippen molar-refractivity contribution in [2.45, 2.75) is 26.8 Å². The Bertz CT molecular complexity index is 1280. The van der Waals surface area contributed by atoms with Crippen molar-refractivity contribution >= 4 is 28.4 Å². The molecule has 156 valence electrons. The average molecular weight is 412 g/mol. The third-order valence-electron chi connectivity index (χ3n) is 5.10. The number of anilines is 2. The molecule has 4 rings (SSSR count). The first-order valence-electron chi connectivity index (χ1n) is 10.1. The summed E-state index contributed by atoms with van der Waals surface area (Å²) in [5.41, 5.74) is 5.55. The van der Waals surface area contributed by atoms with Crippen molar-refractivity contribution in [2.75, 3.05) is 10.6 Å². The first kappa shape index (κ1) is 20.3. The fourth-order valence-electron chi connectivity index (χ4n) is 3.49. The maximum atomic E-state index is 11.6. The van der Waals surface area contributed by atoms with E-state index in [1.165, 1.54) is 6.08 Å². The number of carbonyl (C=O) groups excluding carboxylic acids is 1. The highest BCUT2D eigenvalue weighted by Crippen LogP contribution is 2.28. The van der Waals surface area contributed by atoms with Crippen LogP contribution in [0.5, 0.6) is 0 Å². The normalized spacial score (nSPS) is 11.8. The molecule has 2 aromatic heterocycles. The molecule has 0 saturated heterocycles. The first-order valence-corrected chi connectivity index (χ1v) is 10.1. The maximum absolute atomic E-state index is 11.6. The van der Waals surface area contributed by atoms with Gasteiger partial charge in [0.25, 0.3) is 0 Å². The van der Waals surface area contributed by atoms with Gasteiger partial charge in [-0.2, -0.15) is 0 Å². The summed E-state index contributed by atoms with van der Waals surface area (Å²) in [6, 6.07) is 15.7. The van der Waals surface area contributed by atoms with Crippen LogP contribution in [0.3, 0.4) is 0 Å². The third-order valence-corrected chi connectivity index (χ3v) is 5.10. The van der Waals surface area contributed by atoms with Gasteiger partial charge in [0.2, 0.25) is 5.91 Å². The van der Waals surface area contributed by atoms with Gasteiger partial charge in [0.05, 0.1) is 18.0 Å². The predicted octanol–water partition coefficient (Wildman–Crippen LogP) is 5.80. The van der Waals surface area contributed by atoms with Crippen LogP contribution in [0.1, 0.15) is 29.9 Å². The van der Waals surface area contributed by atoms with E-state index in [9.17, 15) is 4.79 Å². The van der Waals surface area contributed by atoms with Crippen LogP contribution < -0.4 is 10.6 Å². The number of fused-ring (bicyclic) bond motifs is 1. The zero-order chi connectivity index (χ0) is 22.0. The quantitative estimate of drug-likeness (QED) is 0.391. The number of carbonyl (C=O) groups is 1. The lowest BCUT2D eigenvalue weighted by Gasteiger charge is -2.17. The standard InChI is InChI=1S/C25H24N4O2/c1-5-25(30)29-20-8-6-7-18(11-20)16(3)26-24-13-22(27-17(4)28-24)19-9-10-23-21(12-19)15(2)14-31-23/h5-14,16H,1H2,2-4H3,(H,29,30)(H,26,27,28). The van der Waals surface area contributed by atoms with Gasteiger partial charge in [-0.25, -0.2) is 9.97 Å². The summed E-state index contributed by atoms with van der Waals surface area (Å²) in [4.78, 5) is 20.8. The third kappa shape index (κ3) is 4.48. The Morgan fingerprint density at radius 3 is 2.77 bits per heavy atom. The smallest absolute Gasteiger partial charge is 0.247 e. The summed E-state index contributed by atoms with van der Waals surface area (Å²) in [7, 11) is 0. The van der Waals surface area contributed by atoms with Crippen molar-refractivity contribution in [3.8, 4) is 11.3 Å². The number of aromatic nitrogens is 2. The predicted molar refractivity (Wildman–Crippen MR) is 124 cm³/mol. The number of aryl methyl sites for hydroxylation is 2. The van der Waals surface area contributed by atoms with E-state index in [0.29, 0.717) is 5.82 Å². The fourth-order valence-corrected chi connectivity index (χ4v) is 3.49. The SMILES string of the molecule is C=CC(=O)Nc1cccc(C(C)Nc2cc(-c3ccc4occ(C)c4c3)nc(C)n2)c1. The van der Waals surface area contributed by atoms with E-state index >= 15 is 0 Å². The zero-order valence-corrected chi connectivity index (χ0v) is 17.8. The van der Waals surface area contributed by atoms with Crippen molar-refractivity contribution in [3.05, 3.63) is 84.4 Å². The minimum absolute atomic E-state index is 0.0265. The molecule has 0 spiro atoms. The summed E-state index contributed by atoms with van der Waals surface area (Å²) in [5.74, 6) is 1.18. The van der Waals surface area contributed by atoms with Gasteiger partial charge in [0.15, 0.2) is 0 Å². The van der Waals surface area contributed by atoms with Crippen LogP contribution in [0.25, 0.3) is 22.2 Å². The fraction of sp³-hybridized carbons (Fsp3) is 0.160. The van der Waals surface area contributed by atoms with Crippen LogP contribution >= 0.6 is 0 Å². The Hall–Kier alpha value is -3.93. The average Bonchev–Trinajstić information content (AvgIpc) is 3.13. The molecule has 31 heavy (non-hydrogen) atoms. The molecule has 2 heterocycles. The molecule has 0 radical (unpaired) electrons. The van der Waals surface area contributed by atoms with Crippen LogP contribution in [0.2, 0.25) is 0 Å². The molecule has 2 N–H and O–H groups in total. The molecular formula is C25H24N4O2. The first-order chi connectivity index (χ1) is 14.9. The number of furan rings is 1. The van der Waals surface area contributed by atoms with Crippen molar-refractivity contribution < 1.29 is 9.21 Å². The lowest BCUT2D eigenvalue weighted by atomic mass is 10.1. The minimum Gasteiger partial charge on any atom is -0.464 e. The van der Waals surface area contributed by atoms with E-state index in [4.69, 9.17) is 4.42 Å². The molecule has 0 aliphatic carbocycles. The maximum Gasteiger partial charge on any atom is 0.247 e. The second-order valence-corrected chi connectivity index (χ2v) is 7.50. The van der Waals surface area contributed by atoms with E-state index < -0.39 is 0 Å². The van der Waals surface area contributed by atoms with Crippen LogP contribution in [0.15, 0.2) is 71.9 Å². The van der Waals surface area contributed by atoms with E-state index in [1.807, 2.05) is 63.2 Å². The molecule has 0 saturated carbocycles. The van der Waals surface area contributed by atoms with Gasteiger partial charge in [0, 0.05) is 22.7 Å². The second-order valence-electron chi connectivity index (χ2n) is 7.50. The molecule has 0 aliphatic rings. The lowest BCUT2D eigenvalue weighted by molar-refractivity contribution is -0.111. The number of benzene rings is 2. The molecule has 2 aromatic carbocycles.